The van der Waals surface area contributed by atoms with Crippen LogP contribution in [0.25, 0.3) is 6.08 Å². The number of carboxylic acids is 1. The summed E-state index contributed by atoms with van der Waals surface area (Å²) in [6.45, 7) is 1.84. The van der Waals surface area contributed by atoms with E-state index in [1.165, 1.54) is 17.5 Å². The van der Waals surface area contributed by atoms with Gasteiger partial charge in [-0.1, -0.05) is 24.3 Å². The lowest BCUT2D eigenvalue weighted by molar-refractivity contribution is -0.138. The Labute approximate surface area is 148 Å². The second kappa shape index (κ2) is 9.33. The van der Waals surface area contributed by atoms with Crippen molar-refractivity contribution in [3.63, 3.8) is 0 Å². The van der Waals surface area contributed by atoms with Crippen molar-refractivity contribution in [1.29, 1.82) is 0 Å². The van der Waals surface area contributed by atoms with Crippen molar-refractivity contribution in [3.8, 4) is 0 Å². The van der Waals surface area contributed by atoms with Crippen molar-refractivity contribution in [2.24, 2.45) is 0 Å². The molecule has 0 fully saturated rings. The van der Waals surface area contributed by atoms with E-state index in [2.05, 4.69) is 5.32 Å². The summed E-state index contributed by atoms with van der Waals surface area (Å²) in [6, 6.07) is 5.87. The van der Waals surface area contributed by atoms with Crippen LogP contribution in [-0.2, 0) is 14.8 Å². The van der Waals surface area contributed by atoms with Gasteiger partial charge in [0.15, 0.2) is 0 Å². The van der Waals surface area contributed by atoms with Crippen LogP contribution in [0.15, 0.2) is 30.3 Å². The minimum absolute atomic E-state index is 0.382. The second-order valence-electron chi connectivity index (χ2n) is 5.79. The van der Waals surface area contributed by atoms with Gasteiger partial charge in [0.05, 0.1) is 6.26 Å². The van der Waals surface area contributed by atoms with Gasteiger partial charge >= 0.3 is 5.97 Å². The van der Waals surface area contributed by atoms with Crippen molar-refractivity contribution in [3.05, 3.63) is 41.5 Å². The number of amides is 1. The van der Waals surface area contributed by atoms with E-state index in [9.17, 15) is 18.0 Å². The minimum Gasteiger partial charge on any atom is -0.480 e. The van der Waals surface area contributed by atoms with E-state index < -0.39 is 27.9 Å². The maximum Gasteiger partial charge on any atom is 0.325 e. The molecule has 0 aliphatic heterocycles. The molecule has 25 heavy (non-hydrogen) atoms. The highest BCUT2D eigenvalue weighted by Gasteiger charge is 2.15. The van der Waals surface area contributed by atoms with E-state index in [1.54, 1.807) is 25.2 Å². The molecule has 138 valence electrons. The quantitative estimate of drug-likeness (QED) is 0.644. The number of rotatable bonds is 9. The molecule has 0 aliphatic carbocycles. The first-order chi connectivity index (χ1) is 11.6. The third kappa shape index (κ3) is 7.49. The lowest BCUT2D eigenvalue weighted by atomic mass is 10.1. The molecule has 0 aliphatic rings. The number of benzene rings is 1. The molecule has 1 rings (SSSR count). The standard InChI is InChI=1S/C17H24N2O5S/c1-13(17(21)22)18-16(20)15-10-7-9-14(12-15)8-5-4-6-11-19(2)25(3,23)24/h5,7-10,12-13H,4,6,11H2,1-3H3,(H,18,20)(H,21,22). The molecule has 0 saturated heterocycles. The number of carbonyl (C=O) groups is 2. The predicted molar refractivity (Wildman–Crippen MR) is 96.7 cm³/mol. The van der Waals surface area contributed by atoms with E-state index in [1.807, 2.05) is 18.2 Å². The van der Waals surface area contributed by atoms with Gasteiger partial charge in [-0.05, 0) is 37.5 Å². The zero-order valence-corrected chi connectivity index (χ0v) is 15.4. The molecule has 7 nitrogen and oxygen atoms in total. The third-order valence-electron chi connectivity index (χ3n) is 3.59. The van der Waals surface area contributed by atoms with Gasteiger partial charge in [0.1, 0.15) is 6.04 Å². The van der Waals surface area contributed by atoms with Gasteiger partial charge in [-0.15, -0.1) is 0 Å². The number of nitrogens with one attached hydrogen (secondary N) is 1. The Hall–Kier alpha value is -2.19. The normalized spacial score (nSPS) is 13.1. The van der Waals surface area contributed by atoms with E-state index in [0.29, 0.717) is 24.9 Å². The Morgan fingerprint density at radius 1 is 1.36 bits per heavy atom. The van der Waals surface area contributed by atoms with Crippen LogP contribution >= 0.6 is 0 Å². The molecule has 1 atom stereocenters. The van der Waals surface area contributed by atoms with Crippen molar-refractivity contribution in [2.45, 2.75) is 25.8 Å². The summed E-state index contributed by atoms with van der Waals surface area (Å²) < 4.78 is 23.8. The number of hydrogen-bond acceptors (Lipinski definition) is 4. The molecule has 0 saturated carbocycles. The molecule has 0 aromatic heterocycles. The average molecular weight is 368 g/mol. The summed E-state index contributed by atoms with van der Waals surface area (Å²) >= 11 is 0. The monoisotopic (exact) mass is 368 g/mol. The number of hydrogen-bond donors (Lipinski definition) is 2. The molecule has 0 radical (unpaired) electrons. The lowest BCUT2D eigenvalue weighted by Gasteiger charge is -2.12. The second-order valence-corrected chi connectivity index (χ2v) is 7.88. The van der Waals surface area contributed by atoms with Gasteiger partial charge < -0.3 is 10.4 Å². The fraction of sp³-hybridized carbons (Fsp3) is 0.412. The Balaban J connectivity index is 2.57. The van der Waals surface area contributed by atoms with E-state index in [0.717, 1.165) is 5.56 Å². The topological polar surface area (TPSA) is 104 Å². The Bertz CT molecular complexity index is 743. The van der Waals surface area contributed by atoms with Crippen molar-refractivity contribution < 1.29 is 23.1 Å². The summed E-state index contributed by atoms with van der Waals surface area (Å²) in [4.78, 5) is 22.8. The molecule has 1 unspecified atom stereocenters. The van der Waals surface area contributed by atoms with Crippen LogP contribution in [0.4, 0.5) is 0 Å². The van der Waals surface area contributed by atoms with Crippen LogP contribution in [0, 0.1) is 0 Å². The zero-order valence-electron chi connectivity index (χ0n) is 14.6. The van der Waals surface area contributed by atoms with Crippen molar-refractivity contribution >= 4 is 28.0 Å². The predicted octanol–water partition coefficient (Wildman–Crippen LogP) is 1.57. The molecule has 1 aromatic carbocycles. The largest absolute Gasteiger partial charge is 0.480 e. The van der Waals surface area contributed by atoms with Gasteiger partial charge in [0, 0.05) is 19.2 Å². The molecular formula is C17H24N2O5S. The van der Waals surface area contributed by atoms with Crippen LogP contribution in [0.1, 0.15) is 35.7 Å². The minimum atomic E-state index is -3.15. The number of carboxylic acid groups (broad SMARTS) is 1. The molecule has 2 N–H and O–H groups in total. The Kier molecular flexibility index (Phi) is 7.79. The highest BCUT2D eigenvalue weighted by atomic mass is 32.2. The molecule has 1 aromatic rings. The van der Waals surface area contributed by atoms with E-state index in [-0.39, 0.29) is 0 Å². The fourth-order valence-corrected chi connectivity index (χ4v) is 2.40. The number of aliphatic carboxylic acids is 1. The Morgan fingerprint density at radius 3 is 2.64 bits per heavy atom. The first kappa shape index (κ1) is 20.9. The summed E-state index contributed by atoms with van der Waals surface area (Å²) in [6.07, 6.45) is 6.32. The number of sulfonamides is 1. The maximum absolute atomic E-state index is 12.0. The lowest BCUT2D eigenvalue weighted by Crippen LogP contribution is -2.38. The molecule has 0 bridgehead atoms. The molecule has 1 amide bonds. The van der Waals surface area contributed by atoms with E-state index in [4.69, 9.17) is 5.11 Å². The molecule has 8 heteroatoms. The zero-order chi connectivity index (χ0) is 19.0. The summed E-state index contributed by atoms with van der Waals surface area (Å²) in [7, 11) is -1.61. The maximum atomic E-state index is 12.0. The van der Waals surface area contributed by atoms with Crippen LogP contribution < -0.4 is 5.32 Å². The number of nitrogens with zero attached hydrogens (tertiary/aromatic N) is 1. The van der Waals surface area contributed by atoms with Gasteiger partial charge in [0.2, 0.25) is 10.0 Å². The van der Waals surface area contributed by atoms with Crippen LogP contribution in [0.3, 0.4) is 0 Å². The van der Waals surface area contributed by atoms with Gasteiger partial charge in [-0.3, -0.25) is 9.59 Å². The summed E-state index contributed by atoms with van der Waals surface area (Å²) in [5.41, 5.74) is 1.19. The molecular weight excluding hydrogens is 344 g/mol. The number of carbonyl (C=O) groups excluding carboxylic acids is 1. The molecule has 0 spiro atoms. The summed E-state index contributed by atoms with van der Waals surface area (Å²) in [5, 5.41) is 11.2. The van der Waals surface area contributed by atoms with Gasteiger partial charge in [0.25, 0.3) is 5.91 Å². The first-order valence-electron chi connectivity index (χ1n) is 7.83. The van der Waals surface area contributed by atoms with Crippen LogP contribution in [0.2, 0.25) is 0 Å². The summed E-state index contributed by atoms with van der Waals surface area (Å²) in [5.74, 6) is -1.54. The Morgan fingerprint density at radius 2 is 2.04 bits per heavy atom. The number of unbranched alkanes of at least 4 members (excludes halogenated alkanes) is 1. The average Bonchev–Trinajstić information content (AvgIpc) is 2.53. The van der Waals surface area contributed by atoms with Crippen molar-refractivity contribution in [2.75, 3.05) is 19.8 Å². The van der Waals surface area contributed by atoms with Gasteiger partial charge in [-0.2, -0.15) is 0 Å². The van der Waals surface area contributed by atoms with Gasteiger partial charge in [-0.25, -0.2) is 12.7 Å². The SMILES string of the molecule is CC(NC(=O)c1cccc(C=CCCCN(C)S(C)(=O)=O)c1)C(=O)O. The fourth-order valence-electron chi connectivity index (χ4n) is 1.94. The third-order valence-corrected chi connectivity index (χ3v) is 4.90. The molecule has 0 heterocycles. The highest BCUT2D eigenvalue weighted by Crippen LogP contribution is 2.09. The number of allylic oxidation sites excluding steroid dienone is 1. The van der Waals surface area contributed by atoms with Crippen LogP contribution in [-0.4, -0.2) is 55.6 Å². The first-order valence-corrected chi connectivity index (χ1v) is 9.67. The van der Waals surface area contributed by atoms with E-state index >= 15 is 0 Å². The highest BCUT2D eigenvalue weighted by molar-refractivity contribution is 7.88. The van der Waals surface area contributed by atoms with Crippen molar-refractivity contribution in [1.82, 2.24) is 9.62 Å². The van der Waals surface area contributed by atoms with Crippen LogP contribution in [0.5, 0.6) is 0 Å². The smallest absolute Gasteiger partial charge is 0.325 e.